The fraction of sp³-hybridized carbons (Fsp3) is 0.210. The van der Waals surface area contributed by atoms with Crippen LogP contribution in [0.2, 0.25) is 0 Å². The van der Waals surface area contributed by atoms with Gasteiger partial charge in [0.1, 0.15) is 17.3 Å². The quantitative estimate of drug-likeness (QED) is 0.152. The van der Waals surface area contributed by atoms with Crippen molar-refractivity contribution in [2.75, 3.05) is 16.5 Å². The second kappa shape index (κ2) is 16.8. The van der Waals surface area contributed by atoms with Crippen LogP contribution in [-0.2, 0) is 16.2 Å². The number of anilines is 2. The summed E-state index contributed by atoms with van der Waals surface area (Å²) < 4.78 is 9.27. The first-order valence-corrected chi connectivity index (χ1v) is 23.5. The number of para-hydroxylation sites is 2. The van der Waals surface area contributed by atoms with Crippen LogP contribution in [0.3, 0.4) is 0 Å². The smallest absolute Gasteiger partial charge is 0.138 e. The van der Waals surface area contributed by atoms with Crippen molar-refractivity contribution in [3.8, 4) is 50.7 Å². The molecule has 5 heteroatoms. The van der Waals surface area contributed by atoms with E-state index in [1.807, 2.05) is 0 Å². The standard InChI is InChI=1S/C62H60N4O/c1-60(2,3)45-29-27-44(28-30-45)54-39-58(63-40-55(54)62(7,8)9)66-56-26-17-16-23-52(56)53-32-31-48(38-57(53)66)67-49-36-46(61(4,5)6)35-47(37-49)64-33-34-65(41-64)59-50(42-19-12-10-13-20-42)24-18-25-51(59)43-21-14-11-15-22-43/h10-40H,41H2,1-9H3. The topological polar surface area (TPSA) is 33.5 Å². The highest BCUT2D eigenvalue weighted by molar-refractivity contribution is 6.09. The minimum atomic E-state index is -0.121. The van der Waals surface area contributed by atoms with Gasteiger partial charge in [0.05, 0.1) is 23.4 Å². The van der Waals surface area contributed by atoms with Gasteiger partial charge in [0.15, 0.2) is 0 Å². The number of ether oxygens (including phenoxy) is 1. The molecule has 0 spiro atoms. The third-order valence-electron chi connectivity index (χ3n) is 13.2. The Balaban J connectivity index is 1.03. The molecule has 10 rings (SSSR count). The molecule has 0 atom stereocenters. The maximum absolute atomic E-state index is 6.97. The Hall–Kier alpha value is -7.37. The lowest BCUT2D eigenvalue weighted by molar-refractivity contribution is 0.479. The van der Waals surface area contributed by atoms with Crippen LogP contribution in [0.4, 0.5) is 11.4 Å². The van der Waals surface area contributed by atoms with Crippen molar-refractivity contribution in [1.82, 2.24) is 9.55 Å². The molecule has 3 heterocycles. The second-order valence-electron chi connectivity index (χ2n) is 21.1. The highest BCUT2D eigenvalue weighted by atomic mass is 16.5. The molecular formula is C62H60N4O. The zero-order valence-corrected chi connectivity index (χ0v) is 40.3. The summed E-state index contributed by atoms with van der Waals surface area (Å²) in [5.41, 5.74) is 15.1. The molecule has 1 aliphatic heterocycles. The van der Waals surface area contributed by atoms with Gasteiger partial charge in [-0.3, -0.25) is 4.57 Å². The minimum absolute atomic E-state index is 0.0718. The third-order valence-corrected chi connectivity index (χ3v) is 13.2. The Morgan fingerprint density at radius 1 is 0.448 bits per heavy atom. The van der Waals surface area contributed by atoms with E-state index in [1.165, 1.54) is 61.1 Å². The van der Waals surface area contributed by atoms with Crippen LogP contribution in [0.15, 0.2) is 188 Å². The number of nitrogens with zero attached hydrogens (tertiary/aromatic N) is 4. The lowest BCUT2D eigenvalue weighted by atomic mass is 9.81. The number of rotatable bonds is 8. The maximum atomic E-state index is 6.97. The Bertz CT molecular complexity index is 3230. The van der Waals surface area contributed by atoms with Gasteiger partial charge < -0.3 is 14.5 Å². The van der Waals surface area contributed by atoms with Crippen molar-refractivity contribution in [3.63, 3.8) is 0 Å². The zero-order valence-electron chi connectivity index (χ0n) is 40.3. The average molecular weight is 877 g/mol. The van der Waals surface area contributed by atoms with Crippen molar-refractivity contribution in [1.29, 1.82) is 0 Å². The first-order valence-electron chi connectivity index (χ1n) is 23.5. The predicted molar refractivity (Wildman–Crippen MR) is 283 cm³/mol. The molecule has 7 aromatic carbocycles. The fourth-order valence-corrected chi connectivity index (χ4v) is 9.48. The van der Waals surface area contributed by atoms with E-state index in [0.717, 1.165) is 39.4 Å². The molecule has 1 aliphatic rings. The van der Waals surface area contributed by atoms with E-state index < -0.39 is 0 Å². The molecule has 67 heavy (non-hydrogen) atoms. The van der Waals surface area contributed by atoms with Crippen molar-refractivity contribution < 1.29 is 4.74 Å². The number of aromatic nitrogens is 2. The van der Waals surface area contributed by atoms with Crippen molar-refractivity contribution in [2.45, 2.75) is 78.6 Å². The monoisotopic (exact) mass is 876 g/mol. The van der Waals surface area contributed by atoms with E-state index in [1.54, 1.807) is 0 Å². The molecule has 0 amide bonds. The molecular weight excluding hydrogens is 817 g/mol. The second-order valence-corrected chi connectivity index (χ2v) is 21.1. The fourth-order valence-electron chi connectivity index (χ4n) is 9.48. The van der Waals surface area contributed by atoms with Crippen LogP contribution < -0.4 is 14.5 Å². The molecule has 0 unspecified atom stereocenters. The van der Waals surface area contributed by atoms with Crippen LogP contribution in [0, 0.1) is 0 Å². The first-order chi connectivity index (χ1) is 32.1. The maximum Gasteiger partial charge on any atom is 0.138 e. The van der Waals surface area contributed by atoms with Crippen LogP contribution in [0.1, 0.15) is 79.0 Å². The summed E-state index contributed by atoms with van der Waals surface area (Å²) in [5, 5.41) is 2.33. The molecule has 9 aromatic rings. The van der Waals surface area contributed by atoms with Crippen molar-refractivity contribution in [3.05, 3.63) is 205 Å². The number of fused-ring (bicyclic) bond motifs is 3. The van der Waals surface area contributed by atoms with Gasteiger partial charge in [0.25, 0.3) is 0 Å². The Morgan fingerprint density at radius 3 is 1.69 bits per heavy atom. The first kappa shape index (κ1) is 43.5. The van der Waals surface area contributed by atoms with Crippen LogP contribution in [0.25, 0.3) is 61.0 Å². The van der Waals surface area contributed by atoms with E-state index >= 15 is 0 Å². The van der Waals surface area contributed by atoms with Gasteiger partial charge in [-0.2, -0.15) is 0 Å². The number of hydrogen-bond acceptors (Lipinski definition) is 4. The van der Waals surface area contributed by atoms with Crippen molar-refractivity contribution in [2.24, 2.45) is 0 Å². The summed E-state index contributed by atoms with van der Waals surface area (Å²) in [6.45, 7) is 21.0. The summed E-state index contributed by atoms with van der Waals surface area (Å²) in [4.78, 5) is 9.91. The van der Waals surface area contributed by atoms with Crippen molar-refractivity contribution >= 4 is 33.2 Å². The summed E-state index contributed by atoms with van der Waals surface area (Å²) >= 11 is 0. The molecule has 0 radical (unpaired) electrons. The van der Waals surface area contributed by atoms with Crippen LogP contribution in [0.5, 0.6) is 11.5 Å². The van der Waals surface area contributed by atoms with Crippen LogP contribution in [-0.4, -0.2) is 16.2 Å². The van der Waals surface area contributed by atoms with Gasteiger partial charge in [-0.25, -0.2) is 4.98 Å². The highest BCUT2D eigenvalue weighted by Gasteiger charge is 2.26. The lowest BCUT2D eigenvalue weighted by Gasteiger charge is -2.28. The average Bonchev–Trinajstić information content (AvgIpc) is 3.94. The van der Waals surface area contributed by atoms with E-state index in [9.17, 15) is 0 Å². The van der Waals surface area contributed by atoms with Gasteiger partial charge in [-0.05, 0) is 91.6 Å². The van der Waals surface area contributed by atoms with Crippen LogP contribution >= 0.6 is 0 Å². The normalized spacial score (nSPS) is 13.3. The van der Waals surface area contributed by atoms with Gasteiger partial charge in [-0.15, -0.1) is 0 Å². The predicted octanol–water partition coefficient (Wildman–Crippen LogP) is 16.6. The summed E-state index contributed by atoms with van der Waals surface area (Å²) in [5.74, 6) is 2.43. The number of hydrogen-bond donors (Lipinski definition) is 0. The summed E-state index contributed by atoms with van der Waals surface area (Å²) in [6, 6.07) is 61.2. The summed E-state index contributed by atoms with van der Waals surface area (Å²) in [6.07, 6.45) is 6.48. The van der Waals surface area contributed by atoms with E-state index in [4.69, 9.17) is 9.72 Å². The highest BCUT2D eigenvalue weighted by Crippen LogP contribution is 2.44. The van der Waals surface area contributed by atoms with E-state index in [-0.39, 0.29) is 16.2 Å². The molecule has 0 fully saturated rings. The van der Waals surface area contributed by atoms with Gasteiger partial charge in [0.2, 0.25) is 0 Å². The molecule has 0 bridgehead atoms. The largest absolute Gasteiger partial charge is 0.457 e. The van der Waals surface area contributed by atoms with Gasteiger partial charge >= 0.3 is 0 Å². The Labute approximate surface area is 396 Å². The van der Waals surface area contributed by atoms with Gasteiger partial charge in [0, 0.05) is 58.3 Å². The number of pyridine rings is 1. The number of benzene rings is 7. The van der Waals surface area contributed by atoms with Gasteiger partial charge in [-0.1, -0.05) is 184 Å². The van der Waals surface area contributed by atoms with E-state index in [0.29, 0.717) is 6.67 Å². The Kier molecular flexibility index (Phi) is 10.9. The minimum Gasteiger partial charge on any atom is -0.457 e. The molecule has 334 valence electrons. The molecule has 0 N–H and O–H groups in total. The molecule has 2 aromatic heterocycles. The van der Waals surface area contributed by atoms with E-state index in [2.05, 4.69) is 265 Å². The summed E-state index contributed by atoms with van der Waals surface area (Å²) in [7, 11) is 0. The third kappa shape index (κ3) is 8.51. The Morgan fingerprint density at radius 2 is 1.04 bits per heavy atom. The lowest BCUT2D eigenvalue weighted by Crippen LogP contribution is -2.26. The molecule has 0 saturated heterocycles. The SMILES string of the molecule is CC(C)(C)c1ccc(-c2cc(-n3c4ccccc4c4ccc(Oc5cc(N6C=CN(c7c(-c8ccccc8)cccc7-c7ccccc7)C6)cc(C(C)(C)C)c5)cc43)ncc2C(C)(C)C)cc1. The molecule has 0 saturated carbocycles. The zero-order chi connectivity index (χ0) is 46.7. The molecule has 0 aliphatic carbocycles. The molecule has 5 nitrogen and oxygen atoms in total.